The molecular formula is C81H124O15. The summed E-state index contributed by atoms with van der Waals surface area (Å²) in [6, 6.07) is 44.7. The normalized spacial score (nSPS) is 11.2. The molecule has 15 nitrogen and oxygen atoms in total. The van der Waals surface area contributed by atoms with Gasteiger partial charge in [-0.15, -0.1) is 0 Å². The lowest BCUT2D eigenvalue weighted by Crippen LogP contribution is -2.12. The van der Waals surface area contributed by atoms with Gasteiger partial charge in [-0.05, 0) is 161 Å². The Bertz CT molecular complexity index is 3040. The molecule has 0 aliphatic carbocycles. The molecule has 0 amide bonds. The zero-order valence-electron chi connectivity index (χ0n) is 55.9. The second-order valence-electron chi connectivity index (χ2n) is 22.0. The van der Waals surface area contributed by atoms with E-state index < -0.39 is 0 Å². The van der Waals surface area contributed by atoms with Crippen molar-refractivity contribution in [2.24, 2.45) is 0 Å². The Labute approximate surface area is 580 Å². The van der Waals surface area contributed by atoms with E-state index in [1.165, 1.54) is 16.7 Å². The molecular weight excluding hydrogens is 1210 g/mol. The van der Waals surface area contributed by atoms with E-state index in [2.05, 4.69) is 77.9 Å². The molecule has 15 heteroatoms. The highest BCUT2D eigenvalue weighted by Crippen LogP contribution is 2.37. The minimum Gasteiger partial charge on any atom is -0.507 e. The Kier molecular flexibility index (Phi) is 48.2. The molecule has 3 unspecified atom stereocenters. The Morgan fingerprint density at radius 2 is 0.573 bits per heavy atom. The van der Waals surface area contributed by atoms with Crippen molar-refractivity contribution in [3.8, 4) is 57.1 Å². The first kappa shape index (κ1) is 90.7. The lowest BCUT2D eigenvalue weighted by atomic mass is 9.95. The summed E-state index contributed by atoms with van der Waals surface area (Å²) in [5.74, 6) is 7.34. The zero-order chi connectivity index (χ0) is 65.0. The van der Waals surface area contributed by atoms with Crippen LogP contribution in [0.4, 0.5) is 0 Å². The van der Waals surface area contributed by atoms with Crippen molar-refractivity contribution in [2.75, 3.05) is 96.5 Å². The van der Waals surface area contributed by atoms with Crippen molar-refractivity contribution in [1.82, 2.24) is 0 Å². The smallest absolute Gasteiger partial charge is 0.166 e. The van der Waals surface area contributed by atoms with Crippen LogP contribution < -0.4 is 33.2 Å². The van der Waals surface area contributed by atoms with E-state index in [0.29, 0.717) is 113 Å². The van der Waals surface area contributed by atoms with E-state index in [0.717, 1.165) is 87.0 Å². The Hall–Kier alpha value is -7.34. The third-order valence-electron chi connectivity index (χ3n) is 15.3. The number of rotatable bonds is 37. The largest absolute Gasteiger partial charge is 0.507 e. The van der Waals surface area contributed by atoms with Gasteiger partial charge in [-0.25, -0.2) is 0 Å². The van der Waals surface area contributed by atoms with Gasteiger partial charge in [0.1, 0.15) is 74.1 Å². The number of benzene rings is 7. The van der Waals surface area contributed by atoms with E-state index in [-0.39, 0.29) is 63.5 Å². The molecule has 1 N–H and O–H groups in total. The summed E-state index contributed by atoms with van der Waals surface area (Å²) in [7, 11) is 13.2. The van der Waals surface area contributed by atoms with Gasteiger partial charge in [0.15, 0.2) is 11.5 Å². The van der Waals surface area contributed by atoms with Crippen molar-refractivity contribution in [2.45, 2.75) is 169 Å². The fraction of sp³-hybridized carbons (Fsp3) is 0.481. The summed E-state index contributed by atoms with van der Waals surface area (Å²) >= 11 is 0. The molecule has 0 aliphatic rings. The summed E-state index contributed by atoms with van der Waals surface area (Å²) in [6.07, 6.45) is 3.38. The molecule has 96 heavy (non-hydrogen) atoms. The summed E-state index contributed by atoms with van der Waals surface area (Å²) < 4.78 is 78.1. The molecule has 0 aliphatic heterocycles. The summed E-state index contributed by atoms with van der Waals surface area (Å²) in [6.45, 7) is 18.8. The average molecular weight is 1340 g/mol. The van der Waals surface area contributed by atoms with E-state index in [1.54, 1.807) is 56.9 Å². The van der Waals surface area contributed by atoms with Crippen LogP contribution in [0, 0.1) is 0 Å². The quantitative estimate of drug-likeness (QED) is 0.0368. The van der Waals surface area contributed by atoms with Crippen LogP contribution in [0.25, 0.3) is 11.1 Å². The molecule has 0 saturated carbocycles. The number of phenols is 1. The molecule has 0 aromatic heterocycles. The minimum absolute atomic E-state index is 0. The molecule has 0 fully saturated rings. The van der Waals surface area contributed by atoms with Crippen LogP contribution in [0.2, 0.25) is 0 Å². The molecule has 0 radical (unpaired) electrons. The SMILES string of the molecule is C.C.C.C.C.C.CCC(C)c1ccc(OCCOc2c(COC)cc(-c3cc(COC)c(O)c(COC)c3)cc2COC)cc1.CCC(C)c1ccc(OCCOc2c(COC)cc(COC)cc2OC)cc1.CCC(C)c1ccc(OCCOc2ccc(COC)cc2)cc1. The van der Waals surface area contributed by atoms with E-state index in [4.69, 9.17) is 66.3 Å². The number of phenolic OH excluding ortho intramolecular Hbond substituents is 1. The number of hydrogen-bond donors (Lipinski definition) is 1. The standard InChI is InChI=1S/C32H42O7.C23H32O5.C20H26O3.6CH4/c1-7-22(2)23-8-10-30(11-9-23)38-12-13-39-32-28(20-36-5)16-25(17-29(32)21-37-6)24-14-26(18-34-3)31(33)27(15-24)19-35-4;1-6-17(2)19-7-9-21(10-8-19)27-11-12-28-23-20(16-25-4)13-18(15-24-3)14-22(23)26-5;1-4-16(2)18-7-11-20(12-8-18)23-14-13-22-19-9-5-17(6-10-19)15-21-3;;;;;;/h8-11,14-17,22,33H,7,12-13,18-21H2,1-6H3;7-10,13-14,17H,6,11-12,15-16H2,1-5H3;5-12,16H,4,13-15H2,1-3H3;6*1H4. The van der Waals surface area contributed by atoms with Gasteiger partial charge >= 0.3 is 0 Å². The van der Waals surface area contributed by atoms with Crippen molar-refractivity contribution < 1.29 is 71.4 Å². The fourth-order valence-corrected chi connectivity index (χ4v) is 9.80. The van der Waals surface area contributed by atoms with Gasteiger partial charge in [-0.1, -0.05) is 135 Å². The number of aromatic hydroxyl groups is 1. The van der Waals surface area contributed by atoms with Crippen LogP contribution in [0.1, 0.15) is 179 Å². The first-order valence-electron chi connectivity index (χ1n) is 31.1. The third-order valence-corrected chi connectivity index (χ3v) is 15.3. The van der Waals surface area contributed by atoms with Crippen molar-refractivity contribution in [1.29, 1.82) is 0 Å². The first-order valence-corrected chi connectivity index (χ1v) is 31.1. The molecule has 0 heterocycles. The summed E-state index contributed by atoms with van der Waals surface area (Å²) in [5, 5.41) is 10.7. The molecule has 538 valence electrons. The van der Waals surface area contributed by atoms with Crippen LogP contribution in [-0.2, 0) is 79.4 Å². The van der Waals surface area contributed by atoms with Crippen molar-refractivity contribution in [3.05, 3.63) is 189 Å². The van der Waals surface area contributed by atoms with Gasteiger partial charge in [0.2, 0.25) is 0 Å². The van der Waals surface area contributed by atoms with Gasteiger partial charge in [-0.2, -0.15) is 0 Å². The number of hydrogen-bond acceptors (Lipinski definition) is 15. The first-order chi connectivity index (χ1) is 43.8. The Morgan fingerprint density at radius 3 is 0.885 bits per heavy atom. The van der Waals surface area contributed by atoms with Gasteiger partial charge in [0.05, 0.1) is 53.4 Å². The lowest BCUT2D eigenvalue weighted by molar-refractivity contribution is 0.164. The fourth-order valence-electron chi connectivity index (χ4n) is 9.80. The highest BCUT2D eigenvalue weighted by Gasteiger charge is 2.19. The second-order valence-corrected chi connectivity index (χ2v) is 22.0. The van der Waals surface area contributed by atoms with E-state index >= 15 is 0 Å². The molecule has 0 spiro atoms. The maximum Gasteiger partial charge on any atom is 0.166 e. The molecule has 7 aromatic rings. The predicted molar refractivity (Wildman–Crippen MR) is 397 cm³/mol. The molecule has 7 aromatic carbocycles. The molecule has 7 rings (SSSR count). The van der Waals surface area contributed by atoms with Crippen LogP contribution in [0.15, 0.2) is 133 Å². The predicted octanol–water partition coefficient (Wildman–Crippen LogP) is 20.2. The van der Waals surface area contributed by atoms with Gasteiger partial charge < -0.3 is 71.4 Å². The van der Waals surface area contributed by atoms with Gasteiger partial charge in [0, 0.05) is 77.6 Å². The topological polar surface area (TPSA) is 149 Å². The van der Waals surface area contributed by atoms with Crippen molar-refractivity contribution in [3.63, 3.8) is 0 Å². The maximum absolute atomic E-state index is 10.7. The molecule has 0 saturated heterocycles. The maximum atomic E-state index is 10.7. The number of methoxy groups -OCH3 is 8. The van der Waals surface area contributed by atoms with Crippen LogP contribution in [0.5, 0.6) is 46.0 Å². The van der Waals surface area contributed by atoms with Gasteiger partial charge in [-0.3, -0.25) is 0 Å². The molecule has 0 bridgehead atoms. The highest BCUT2D eigenvalue weighted by molar-refractivity contribution is 5.70. The highest BCUT2D eigenvalue weighted by atomic mass is 16.5. The monoisotopic (exact) mass is 1340 g/mol. The van der Waals surface area contributed by atoms with Crippen molar-refractivity contribution >= 4 is 0 Å². The lowest BCUT2D eigenvalue weighted by Gasteiger charge is -2.19. The van der Waals surface area contributed by atoms with E-state index in [9.17, 15) is 5.11 Å². The van der Waals surface area contributed by atoms with Crippen LogP contribution >= 0.6 is 0 Å². The third kappa shape index (κ3) is 29.6. The minimum atomic E-state index is 0. The van der Waals surface area contributed by atoms with Crippen LogP contribution in [0.3, 0.4) is 0 Å². The molecule has 3 atom stereocenters. The average Bonchev–Trinajstić information content (AvgIpc) is 0.806. The van der Waals surface area contributed by atoms with Crippen LogP contribution in [-0.4, -0.2) is 102 Å². The summed E-state index contributed by atoms with van der Waals surface area (Å²) in [5.41, 5.74) is 12.1. The Morgan fingerprint density at radius 1 is 0.302 bits per heavy atom. The zero-order valence-corrected chi connectivity index (χ0v) is 55.9. The van der Waals surface area contributed by atoms with E-state index in [1.807, 2.05) is 97.1 Å². The number of ether oxygens (including phenoxy) is 14. The second kappa shape index (κ2) is 51.0. The summed E-state index contributed by atoms with van der Waals surface area (Å²) in [4.78, 5) is 0. The van der Waals surface area contributed by atoms with Gasteiger partial charge in [0.25, 0.3) is 0 Å². The Balaban J connectivity index is 0.